The van der Waals surface area contributed by atoms with Crippen LogP contribution in [-0.2, 0) is 0 Å². The number of anilines is 2. The van der Waals surface area contributed by atoms with Gasteiger partial charge in [-0.15, -0.1) is 0 Å². The third kappa shape index (κ3) is 1.74. The zero-order valence-electron chi connectivity index (χ0n) is 6.66. The minimum atomic E-state index is 0.488. The number of nitrogens with zero attached hydrogens (tertiary/aromatic N) is 1. The molecule has 0 spiro atoms. The molecule has 66 valence electrons. The average Bonchev–Trinajstić information content (AvgIpc) is 2.16. The van der Waals surface area contributed by atoms with E-state index in [1.54, 1.807) is 19.2 Å². The molecular weight excluding hydrogens is 158 g/mol. The summed E-state index contributed by atoms with van der Waals surface area (Å²) in [6.07, 6.45) is 0. The molecular formula is C6H11N5O. The highest BCUT2D eigenvalue weighted by atomic mass is 16.5. The van der Waals surface area contributed by atoms with Crippen molar-refractivity contribution in [1.29, 1.82) is 0 Å². The third-order valence-electron chi connectivity index (χ3n) is 1.33. The minimum absolute atomic E-state index is 0.488. The number of hydrazine groups is 2. The summed E-state index contributed by atoms with van der Waals surface area (Å²) >= 11 is 0. The predicted octanol–water partition coefficient (Wildman–Crippen LogP) is -0.339. The van der Waals surface area contributed by atoms with Crippen molar-refractivity contribution in [2.75, 3.05) is 18.0 Å². The molecule has 0 radical (unpaired) electrons. The van der Waals surface area contributed by atoms with Gasteiger partial charge in [-0.2, -0.15) is 0 Å². The van der Waals surface area contributed by atoms with Crippen LogP contribution in [0.25, 0.3) is 0 Å². The van der Waals surface area contributed by atoms with E-state index in [0.29, 0.717) is 17.4 Å². The van der Waals surface area contributed by atoms with E-state index in [1.165, 1.54) is 0 Å². The van der Waals surface area contributed by atoms with Crippen LogP contribution in [0.1, 0.15) is 0 Å². The van der Waals surface area contributed by atoms with Gasteiger partial charge in [0.1, 0.15) is 17.4 Å². The van der Waals surface area contributed by atoms with Gasteiger partial charge in [-0.3, -0.25) is 0 Å². The quantitative estimate of drug-likeness (QED) is 0.365. The summed E-state index contributed by atoms with van der Waals surface area (Å²) in [4.78, 5) is 3.97. The average molecular weight is 169 g/mol. The predicted molar refractivity (Wildman–Crippen MR) is 46.4 cm³/mol. The molecule has 1 aromatic rings. The molecule has 6 heteroatoms. The van der Waals surface area contributed by atoms with Gasteiger partial charge in [-0.05, 0) is 0 Å². The molecule has 0 saturated heterocycles. The van der Waals surface area contributed by atoms with Crippen molar-refractivity contribution in [2.45, 2.75) is 0 Å². The van der Waals surface area contributed by atoms with E-state index in [1.807, 2.05) is 0 Å². The number of hydrogen-bond donors (Lipinski definition) is 4. The van der Waals surface area contributed by atoms with Gasteiger partial charge in [0, 0.05) is 12.1 Å². The number of nitrogens with one attached hydrogen (secondary N) is 2. The molecule has 0 aliphatic heterocycles. The van der Waals surface area contributed by atoms with E-state index in [-0.39, 0.29) is 0 Å². The number of nitrogen functional groups attached to an aromatic ring is 2. The minimum Gasteiger partial charge on any atom is -0.496 e. The first-order valence-electron chi connectivity index (χ1n) is 3.29. The van der Waals surface area contributed by atoms with Crippen LogP contribution in [0.3, 0.4) is 0 Å². The standard InChI is InChI=1S/C6H11N5O/c1-12-4-2-5(10-7)9-6(3-4)11-8/h2-3H,7-8H2,1H3,(H2,9,10,11). The van der Waals surface area contributed by atoms with Crippen molar-refractivity contribution in [1.82, 2.24) is 4.98 Å². The third-order valence-corrected chi connectivity index (χ3v) is 1.33. The lowest BCUT2D eigenvalue weighted by molar-refractivity contribution is 0.414. The van der Waals surface area contributed by atoms with Gasteiger partial charge in [0.2, 0.25) is 0 Å². The highest BCUT2D eigenvalue weighted by Crippen LogP contribution is 2.18. The summed E-state index contributed by atoms with van der Waals surface area (Å²) in [5.74, 6) is 11.9. The number of nitrogens with two attached hydrogens (primary N) is 2. The normalized spacial score (nSPS) is 9.25. The van der Waals surface area contributed by atoms with Gasteiger partial charge in [-0.25, -0.2) is 16.7 Å². The largest absolute Gasteiger partial charge is 0.496 e. The Morgan fingerprint density at radius 2 is 1.75 bits per heavy atom. The van der Waals surface area contributed by atoms with E-state index in [2.05, 4.69) is 15.8 Å². The van der Waals surface area contributed by atoms with Crippen LogP contribution in [0.5, 0.6) is 5.75 Å². The Morgan fingerprint density at radius 3 is 2.08 bits per heavy atom. The highest BCUT2D eigenvalue weighted by Gasteiger charge is 1.99. The molecule has 0 aromatic carbocycles. The first-order valence-corrected chi connectivity index (χ1v) is 3.29. The van der Waals surface area contributed by atoms with Gasteiger partial charge in [0.15, 0.2) is 0 Å². The summed E-state index contributed by atoms with van der Waals surface area (Å²) in [6, 6.07) is 3.31. The Bertz CT molecular complexity index is 209. The van der Waals surface area contributed by atoms with E-state index >= 15 is 0 Å². The molecule has 0 aliphatic carbocycles. The second-order valence-corrected chi connectivity index (χ2v) is 2.07. The SMILES string of the molecule is COc1cc(NN)nc(NN)c1. The lowest BCUT2D eigenvalue weighted by Gasteiger charge is -2.06. The molecule has 0 aliphatic rings. The highest BCUT2D eigenvalue weighted by molar-refractivity contribution is 5.50. The molecule has 0 unspecified atom stereocenters. The molecule has 1 heterocycles. The number of ether oxygens (including phenoxy) is 1. The van der Waals surface area contributed by atoms with E-state index in [4.69, 9.17) is 16.4 Å². The smallest absolute Gasteiger partial charge is 0.146 e. The second kappa shape index (κ2) is 3.74. The number of hydrogen-bond acceptors (Lipinski definition) is 6. The summed E-state index contributed by atoms with van der Waals surface area (Å²) in [5, 5.41) is 0. The van der Waals surface area contributed by atoms with Crippen LogP contribution < -0.4 is 27.3 Å². The molecule has 0 atom stereocenters. The maximum Gasteiger partial charge on any atom is 0.146 e. The Hall–Kier alpha value is -1.53. The first-order chi connectivity index (χ1) is 5.80. The zero-order chi connectivity index (χ0) is 8.97. The number of rotatable bonds is 3. The fourth-order valence-electron chi connectivity index (χ4n) is 0.771. The summed E-state index contributed by atoms with van der Waals surface area (Å²) in [5.41, 5.74) is 4.78. The van der Waals surface area contributed by atoms with Crippen LogP contribution in [-0.4, -0.2) is 12.1 Å². The summed E-state index contributed by atoms with van der Waals surface area (Å²) < 4.78 is 4.97. The molecule has 0 amide bonds. The molecule has 0 saturated carbocycles. The molecule has 6 N–H and O–H groups in total. The van der Waals surface area contributed by atoms with Crippen LogP contribution in [0.15, 0.2) is 12.1 Å². The molecule has 12 heavy (non-hydrogen) atoms. The Balaban J connectivity index is 3.01. The molecule has 0 fully saturated rings. The van der Waals surface area contributed by atoms with Gasteiger partial charge >= 0.3 is 0 Å². The van der Waals surface area contributed by atoms with E-state index < -0.39 is 0 Å². The fourth-order valence-corrected chi connectivity index (χ4v) is 0.771. The molecule has 0 bridgehead atoms. The van der Waals surface area contributed by atoms with Gasteiger partial charge in [-0.1, -0.05) is 0 Å². The fraction of sp³-hybridized carbons (Fsp3) is 0.167. The lowest BCUT2D eigenvalue weighted by atomic mass is 10.4. The topological polar surface area (TPSA) is 98.2 Å². The van der Waals surface area contributed by atoms with Crippen molar-refractivity contribution in [3.8, 4) is 5.75 Å². The monoisotopic (exact) mass is 169 g/mol. The maximum absolute atomic E-state index is 5.16. The van der Waals surface area contributed by atoms with Crippen LogP contribution in [0.2, 0.25) is 0 Å². The zero-order valence-corrected chi connectivity index (χ0v) is 6.66. The van der Waals surface area contributed by atoms with E-state index in [9.17, 15) is 0 Å². The van der Waals surface area contributed by atoms with Crippen molar-refractivity contribution in [3.63, 3.8) is 0 Å². The number of methoxy groups -OCH3 is 1. The summed E-state index contributed by atoms with van der Waals surface area (Å²) in [7, 11) is 1.55. The van der Waals surface area contributed by atoms with E-state index in [0.717, 1.165) is 0 Å². The molecule has 6 nitrogen and oxygen atoms in total. The lowest BCUT2D eigenvalue weighted by Crippen LogP contribution is -2.13. The van der Waals surface area contributed by atoms with Crippen LogP contribution >= 0.6 is 0 Å². The Morgan fingerprint density at radius 1 is 1.25 bits per heavy atom. The van der Waals surface area contributed by atoms with Crippen LogP contribution in [0.4, 0.5) is 11.6 Å². The van der Waals surface area contributed by atoms with Crippen molar-refractivity contribution in [3.05, 3.63) is 12.1 Å². The molecule has 1 aromatic heterocycles. The first kappa shape index (κ1) is 8.57. The van der Waals surface area contributed by atoms with Gasteiger partial charge in [0.05, 0.1) is 7.11 Å². The second-order valence-electron chi connectivity index (χ2n) is 2.07. The van der Waals surface area contributed by atoms with Crippen LogP contribution in [0, 0.1) is 0 Å². The Kier molecular flexibility index (Phi) is 2.67. The van der Waals surface area contributed by atoms with Crippen molar-refractivity contribution < 1.29 is 4.74 Å². The van der Waals surface area contributed by atoms with Crippen molar-refractivity contribution >= 4 is 11.6 Å². The maximum atomic E-state index is 5.16. The van der Waals surface area contributed by atoms with Crippen molar-refractivity contribution in [2.24, 2.45) is 11.7 Å². The Labute approximate surface area is 69.8 Å². The number of pyridine rings is 1. The van der Waals surface area contributed by atoms with Gasteiger partial charge < -0.3 is 15.6 Å². The molecule has 1 rings (SSSR count). The van der Waals surface area contributed by atoms with Gasteiger partial charge in [0.25, 0.3) is 0 Å². The summed E-state index contributed by atoms with van der Waals surface area (Å²) in [6.45, 7) is 0. The number of aromatic nitrogens is 1.